The highest BCUT2D eigenvalue weighted by Crippen LogP contribution is 2.26. The first-order valence-corrected chi connectivity index (χ1v) is 6.37. The third kappa shape index (κ3) is 3.24. The number of rotatable bonds is 2. The van der Waals surface area contributed by atoms with Gasteiger partial charge in [-0.2, -0.15) is 8.42 Å². The van der Waals surface area contributed by atoms with Crippen LogP contribution in [0.4, 0.5) is 5.13 Å². The minimum atomic E-state index is -3.71. The van der Waals surface area contributed by atoms with Gasteiger partial charge in [0.1, 0.15) is 0 Å². The molecular formula is C7H13N3O2S2. The van der Waals surface area contributed by atoms with Gasteiger partial charge in [-0.1, -0.05) is 20.8 Å². The van der Waals surface area contributed by atoms with Gasteiger partial charge in [0.25, 0.3) is 10.2 Å². The molecule has 0 amide bonds. The Labute approximate surface area is 87.5 Å². The molecule has 14 heavy (non-hydrogen) atoms. The highest BCUT2D eigenvalue weighted by molar-refractivity contribution is 7.90. The molecule has 3 N–H and O–H groups in total. The van der Waals surface area contributed by atoms with E-state index in [0.29, 0.717) is 5.13 Å². The molecule has 0 unspecified atom stereocenters. The normalized spacial score (nSPS) is 12.9. The average molecular weight is 235 g/mol. The van der Waals surface area contributed by atoms with Crippen LogP contribution in [0, 0.1) is 0 Å². The molecular weight excluding hydrogens is 222 g/mol. The maximum absolute atomic E-state index is 10.7. The molecule has 80 valence electrons. The van der Waals surface area contributed by atoms with Gasteiger partial charge in [0, 0.05) is 10.8 Å². The van der Waals surface area contributed by atoms with Crippen molar-refractivity contribution in [3.05, 3.63) is 11.1 Å². The molecule has 0 radical (unpaired) electrons. The van der Waals surface area contributed by atoms with Gasteiger partial charge >= 0.3 is 0 Å². The third-order valence-electron chi connectivity index (χ3n) is 1.50. The van der Waals surface area contributed by atoms with E-state index in [1.54, 1.807) is 0 Å². The SMILES string of the molecule is CC(C)(C)c1csc(NS(N)(=O)=O)n1. The number of hydrogen-bond donors (Lipinski definition) is 2. The molecule has 0 aromatic carbocycles. The molecule has 0 aliphatic heterocycles. The lowest BCUT2D eigenvalue weighted by Crippen LogP contribution is -2.21. The number of anilines is 1. The van der Waals surface area contributed by atoms with Crippen LogP contribution in [0.2, 0.25) is 0 Å². The van der Waals surface area contributed by atoms with Gasteiger partial charge in [-0.3, -0.25) is 0 Å². The second-order valence-electron chi connectivity index (χ2n) is 3.93. The van der Waals surface area contributed by atoms with Crippen molar-refractivity contribution in [3.63, 3.8) is 0 Å². The molecule has 1 rings (SSSR count). The van der Waals surface area contributed by atoms with Crippen molar-refractivity contribution in [1.82, 2.24) is 4.98 Å². The molecule has 0 saturated carbocycles. The van der Waals surface area contributed by atoms with Crippen molar-refractivity contribution in [1.29, 1.82) is 0 Å². The summed E-state index contributed by atoms with van der Waals surface area (Å²) in [5.41, 5.74) is 0.753. The lowest BCUT2D eigenvalue weighted by molar-refractivity contribution is 0.573. The van der Waals surface area contributed by atoms with Crippen LogP contribution in [-0.4, -0.2) is 13.4 Å². The quantitative estimate of drug-likeness (QED) is 0.803. The zero-order chi connectivity index (χ0) is 11.0. The Kier molecular flexibility index (Phi) is 2.84. The Balaban J connectivity index is 2.90. The van der Waals surface area contributed by atoms with Gasteiger partial charge in [0.2, 0.25) is 0 Å². The summed E-state index contributed by atoms with van der Waals surface area (Å²) in [6.45, 7) is 6.01. The van der Waals surface area contributed by atoms with Crippen LogP contribution in [0.25, 0.3) is 0 Å². The minimum Gasteiger partial charge on any atom is -0.246 e. The van der Waals surface area contributed by atoms with E-state index in [1.165, 1.54) is 11.3 Å². The largest absolute Gasteiger partial charge is 0.298 e. The van der Waals surface area contributed by atoms with Crippen LogP contribution in [0.1, 0.15) is 26.5 Å². The molecule has 0 aliphatic carbocycles. The number of nitrogens with two attached hydrogens (primary N) is 1. The highest BCUT2D eigenvalue weighted by Gasteiger charge is 2.18. The second kappa shape index (κ2) is 3.48. The number of nitrogens with zero attached hydrogens (tertiary/aromatic N) is 1. The summed E-state index contributed by atoms with van der Waals surface area (Å²) in [6, 6.07) is 0. The van der Waals surface area contributed by atoms with Gasteiger partial charge in [0.15, 0.2) is 5.13 Å². The molecule has 5 nitrogen and oxygen atoms in total. The summed E-state index contributed by atoms with van der Waals surface area (Å²) in [5, 5.41) is 6.93. The second-order valence-corrected chi connectivity index (χ2v) is 6.09. The molecule has 1 heterocycles. The van der Waals surface area contributed by atoms with E-state index in [9.17, 15) is 8.42 Å². The summed E-state index contributed by atoms with van der Waals surface area (Å²) in [4.78, 5) is 4.12. The first-order valence-electron chi connectivity index (χ1n) is 3.95. The number of nitrogens with one attached hydrogen (secondary N) is 1. The minimum absolute atomic E-state index is 0.0885. The van der Waals surface area contributed by atoms with Crippen molar-refractivity contribution >= 4 is 26.7 Å². The predicted octanol–water partition coefficient (Wildman–Crippen LogP) is 1.06. The van der Waals surface area contributed by atoms with Gasteiger partial charge in [-0.25, -0.2) is 14.8 Å². The van der Waals surface area contributed by atoms with Gasteiger partial charge in [-0.05, 0) is 0 Å². The molecule has 1 aromatic heterocycles. The molecule has 1 aromatic rings. The van der Waals surface area contributed by atoms with E-state index in [-0.39, 0.29) is 5.41 Å². The van der Waals surface area contributed by atoms with E-state index >= 15 is 0 Å². The summed E-state index contributed by atoms with van der Waals surface area (Å²) in [7, 11) is -3.71. The lowest BCUT2D eigenvalue weighted by atomic mass is 9.93. The maximum Gasteiger partial charge on any atom is 0.298 e. The molecule has 0 aliphatic rings. The Morgan fingerprint density at radius 2 is 2.07 bits per heavy atom. The third-order valence-corrected chi connectivity index (χ3v) is 2.87. The summed E-state index contributed by atoms with van der Waals surface area (Å²) < 4.78 is 23.5. The molecule has 0 atom stereocenters. The number of aromatic nitrogens is 1. The summed E-state index contributed by atoms with van der Waals surface area (Å²) in [5.74, 6) is 0. The Morgan fingerprint density at radius 1 is 1.50 bits per heavy atom. The van der Waals surface area contributed by atoms with Crippen molar-refractivity contribution in [3.8, 4) is 0 Å². The zero-order valence-corrected chi connectivity index (χ0v) is 9.87. The molecule has 0 fully saturated rings. The van der Waals surface area contributed by atoms with Gasteiger partial charge in [0.05, 0.1) is 5.69 Å². The van der Waals surface area contributed by atoms with E-state index in [1.807, 2.05) is 26.2 Å². The van der Waals surface area contributed by atoms with E-state index in [2.05, 4.69) is 9.71 Å². The average Bonchev–Trinajstić information content (AvgIpc) is 2.29. The van der Waals surface area contributed by atoms with Crippen molar-refractivity contribution in [2.75, 3.05) is 4.72 Å². The topological polar surface area (TPSA) is 85.1 Å². The van der Waals surface area contributed by atoms with Crippen LogP contribution >= 0.6 is 11.3 Å². The van der Waals surface area contributed by atoms with Crippen molar-refractivity contribution in [2.24, 2.45) is 5.14 Å². The summed E-state index contributed by atoms with van der Waals surface area (Å²) in [6.07, 6.45) is 0. The molecule has 0 bridgehead atoms. The molecule has 7 heteroatoms. The van der Waals surface area contributed by atoms with E-state index < -0.39 is 10.2 Å². The fourth-order valence-electron chi connectivity index (χ4n) is 0.787. The smallest absolute Gasteiger partial charge is 0.246 e. The van der Waals surface area contributed by atoms with Crippen LogP contribution < -0.4 is 9.86 Å². The Bertz CT molecular complexity index is 416. The summed E-state index contributed by atoms with van der Waals surface area (Å²) >= 11 is 1.22. The monoisotopic (exact) mass is 235 g/mol. The van der Waals surface area contributed by atoms with Crippen molar-refractivity contribution in [2.45, 2.75) is 26.2 Å². The Morgan fingerprint density at radius 3 is 2.43 bits per heavy atom. The van der Waals surface area contributed by atoms with Crippen LogP contribution in [0.5, 0.6) is 0 Å². The standard InChI is InChI=1S/C7H13N3O2S2/c1-7(2,3)5-4-13-6(9-5)10-14(8,11)12/h4H,1-3H3,(H,9,10)(H2,8,11,12). The van der Waals surface area contributed by atoms with Crippen LogP contribution in [0.15, 0.2) is 5.38 Å². The zero-order valence-electron chi connectivity index (χ0n) is 8.23. The fraction of sp³-hybridized carbons (Fsp3) is 0.571. The molecule has 0 spiro atoms. The van der Waals surface area contributed by atoms with Gasteiger partial charge in [-0.15, -0.1) is 11.3 Å². The lowest BCUT2D eigenvalue weighted by Gasteiger charge is -2.14. The van der Waals surface area contributed by atoms with Crippen LogP contribution in [-0.2, 0) is 15.6 Å². The maximum atomic E-state index is 10.7. The van der Waals surface area contributed by atoms with E-state index in [0.717, 1.165) is 5.69 Å². The molecule has 0 saturated heterocycles. The number of thiazole rings is 1. The number of hydrogen-bond acceptors (Lipinski definition) is 4. The first-order chi connectivity index (χ1) is 6.18. The van der Waals surface area contributed by atoms with Gasteiger partial charge < -0.3 is 0 Å². The van der Waals surface area contributed by atoms with Crippen molar-refractivity contribution < 1.29 is 8.42 Å². The predicted molar refractivity (Wildman–Crippen MR) is 57.5 cm³/mol. The van der Waals surface area contributed by atoms with E-state index in [4.69, 9.17) is 5.14 Å². The van der Waals surface area contributed by atoms with Crippen LogP contribution in [0.3, 0.4) is 0 Å². The Hall–Kier alpha value is -0.660. The fourth-order valence-corrected chi connectivity index (χ4v) is 2.40. The highest BCUT2D eigenvalue weighted by atomic mass is 32.2. The first kappa shape index (κ1) is 11.4.